The van der Waals surface area contributed by atoms with Crippen LogP contribution in [0.5, 0.6) is 0 Å². The lowest BCUT2D eigenvalue weighted by molar-refractivity contribution is 0.103. The van der Waals surface area contributed by atoms with E-state index in [1.807, 2.05) is 5.57 Å². The van der Waals surface area contributed by atoms with Crippen LogP contribution in [0.1, 0.15) is 38.5 Å². The molecular weight excluding hydrogens is 132 g/mol. The molecule has 0 aromatic rings. The molecule has 2 fully saturated rings. The average Bonchev–Trinajstić information content (AvgIpc) is 2.01. The quantitative estimate of drug-likeness (QED) is 0.463. The highest BCUT2D eigenvalue weighted by atomic mass is 14.5. The van der Waals surface area contributed by atoms with Crippen molar-refractivity contribution >= 4 is 0 Å². The predicted octanol–water partition coefficient (Wildman–Crippen LogP) is 3.14. The molecule has 0 radical (unpaired) electrons. The van der Waals surface area contributed by atoms with Gasteiger partial charge in [0.1, 0.15) is 0 Å². The van der Waals surface area contributed by atoms with Crippen molar-refractivity contribution in [3.05, 3.63) is 11.6 Å². The number of hydrogen-bond acceptors (Lipinski definition) is 0. The summed E-state index contributed by atoms with van der Waals surface area (Å²) in [6.45, 7) is 0. The summed E-state index contributed by atoms with van der Waals surface area (Å²) >= 11 is 0. The zero-order valence-electron chi connectivity index (χ0n) is 7.05. The van der Waals surface area contributed by atoms with E-state index in [0.717, 1.165) is 17.8 Å². The first-order chi connectivity index (χ1) is 5.45. The van der Waals surface area contributed by atoms with Gasteiger partial charge in [-0.2, -0.15) is 0 Å². The molecule has 3 atom stereocenters. The van der Waals surface area contributed by atoms with Crippen molar-refractivity contribution in [2.45, 2.75) is 38.5 Å². The van der Waals surface area contributed by atoms with E-state index in [0.29, 0.717) is 0 Å². The Morgan fingerprint density at radius 3 is 2.91 bits per heavy atom. The summed E-state index contributed by atoms with van der Waals surface area (Å²) in [5.74, 6) is 3.32. The van der Waals surface area contributed by atoms with Gasteiger partial charge < -0.3 is 0 Å². The first-order valence-electron chi connectivity index (χ1n) is 5.14. The Kier molecular flexibility index (Phi) is 1.21. The number of rotatable bonds is 0. The third-order valence-electron chi connectivity index (χ3n) is 4.04. The Morgan fingerprint density at radius 2 is 2.00 bits per heavy atom. The molecule has 0 heteroatoms. The van der Waals surface area contributed by atoms with Crippen molar-refractivity contribution in [3.63, 3.8) is 0 Å². The lowest BCUT2D eigenvalue weighted by Crippen LogP contribution is -2.40. The molecule has 3 rings (SSSR count). The molecule has 0 saturated heterocycles. The molecule has 0 amide bonds. The van der Waals surface area contributed by atoms with Gasteiger partial charge in [0.15, 0.2) is 0 Å². The Bertz CT molecular complexity index is 202. The fourth-order valence-electron chi connectivity index (χ4n) is 3.53. The topological polar surface area (TPSA) is 0 Å². The maximum absolute atomic E-state index is 2.53. The maximum Gasteiger partial charge on any atom is -0.0143 e. The lowest BCUT2D eigenvalue weighted by Gasteiger charge is -2.50. The van der Waals surface area contributed by atoms with E-state index < -0.39 is 0 Å². The fraction of sp³-hybridized carbons (Fsp3) is 0.818. The van der Waals surface area contributed by atoms with Crippen LogP contribution in [-0.4, -0.2) is 0 Å². The molecule has 0 nitrogen and oxygen atoms in total. The van der Waals surface area contributed by atoms with Crippen molar-refractivity contribution in [2.75, 3.05) is 0 Å². The summed E-state index contributed by atoms with van der Waals surface area (Å²) in [7, 11) is 0. The van der Waals surface area contributed by atoms with Crippen LogP contribution in [-0.2, 0) is 0 Å². The first kappa shape index (κ1) is 6.28. The van der Waals surface area contributed by atoms with E-state index in [-0.39, 0.29) is 0 Å². The van der Waals surface area contributed by atoms with Crippen LogP contribution in [0.15, 0.2) is 11.6 Å². The van der Waals surface area contributed by atoms with Crippen molar-refractivity contribution in [1.29, 1.82) is 0 Å². The highest BCUT2D eigenvalue weighted by molar-refractivity contribution is 5.23. The molecule has 0 N–H and O–H groups in total. The average molecular weight is 148 g/mol. The van der Waals surface area contributed by atoms with E-state index in [4.69, 9.17) is 0 Å². The van der Waals surface area contributed by atoms with E-state index in [9.17, 15) is 0 Å². The number of allylic oxidation sites excluding steroid dienone is 2. The molecular formula is C11H16. The van der Waals surface area contributed by atoms with Crippen LogP contribution in [0.4, 0.5) is 0 Å². The minimum Gasteiger partial charge on any atom is -0.0850 e. The second-order valence-corrected chi connectivity index (χ2v) is 4.54. The molecule has 0 heterocycles. The summed E-state index contributed by atoms with van der Waals surface area (Å²) < 4.78 is 0. The Morgan fingerprint density at radius 1 is 1.09 bits per heavy atom. The second kappa shape index (κ2) is 2.12. The van der Waals surface area contributed by atoms with E-state index in [1.165, 1.54) is 25.7 Å². The molecule has 0 aliphatic heterocycles. The van der Waals surface area contributed by atoms with Crippen LogP contribution in [0.2, 0.25) is 0 Å². The summed E-state index contributed by atoms with van der Waals surface area (Å²) in [6.07, 6.45) is 11.5. The van der Waals surface area contributed by atoms with Crippen molar-refractivity contribution in [2.24, 2.45) is 17.8 Å². The van der Waals surface area contributed by atoms with Crippen LogP contribution in [0.25, 0.3) is 0 Å². The summed E-state index contributed by atoms with van der Waals surface area (Å²) in [6, 6.07) is 0. The fourth-order valence-corrected chi connectivity index (χ4v) is 3.53. The van der Waals surface area contributed by atoms with Gasteiger partial charge in [-0.15, -0.1) is 0 Å². The lowest BCUT2D eigenvalue weighted by atomic mass is 9.55. The van der Waals surface area contributed by atoms with Gasteiger partial charge in [0.05, 0.1) is 0 Å². The van der Waals surface area contributed by atoms with Gasteiger partial charge in [-0.05, 0) is 49.9 Å². The number of hydrogen-bond donors (Lipinski definition) is 0. The highest BCUT2D eigenvalue weighted by Crippen LogP contribution is 2.55. The van der Waals surface area contributed by atoms with Gasteiger partial charge >= 0.3 is 0 Å². The largest absolute Gasteiger partial charge is 0.0850 e. The molecule has 3 aliphatic carbocycles. The molecule has 2 saturated carbocycles. The van der Waals surface area contributed by atoms with Crippen LogP contribution in [0, 0.1) is 17.8 Å². The van der Waals surface area contributed by atoms with Crippen molar-refractivity contribution in [3.8, 4) is 0 Å². The van der Waals surface area contributed by atoms with Crippen LogP contribution < -0.4 is 0 Å². The molecule has 0 aromatic heterocycles. The minimum absolute atomic E-state index is 1.08. The van der Waals surface area contributed by atoms with E-state index in [1.54, 1.807) is 12.8 Å². The van der Waals surface area contributed by atoms with Crippen LogP contribution in [0.3, 0.4) is 0 Å². The smallest absolute Gasteiger partial charge is 0.0143 e. The normalized spacial score (nSPS) is 47.3. The first-order valence-corrected chi connectivity index (χ1v) is 5.14. The van der Waals surface area contributed by atoms with Gasteiger partial charge in [-0.3, -0.25) is 0 Å². The highest BCUT2D eigenvalue weighted by Gasteiger charge is 2.43. The summed E-state index contributed by atoms with van der Waals surface area (Å²) in [5.41, 5.74) is 1.84. The molecule has 11 heavy (non-hydrogen) atoms. The monoisotopic (exact) mass is 148 g/mol. The Labute approximate surface area is 68.7 Å². The third-order valence-corrected chi connectivity index (χ3v) is 4.04. The van der Waals surface area contributed by atoms with Crippen molar-refractivity contribution in [1.82, 2.24) is 0 Å². The van der Waals surface area contributed by atoms with Gasteiger partial charge in [0.2, 0.25) is 0 Å². The third kappa shape index (κ3) is 0.758. The zero-order chi connectivity index (χ0) is 7.26. The Balaban J connectivity index is 1.90. The van der Waals surface area contributed by atoms with E-state index in [2.05, 4.69) is 6.08 Å². The standard InChI is InChI=1S/C11H16/c1-3-8-4-2-6-10-7-9(5-1)11(8)10/h5,8,10-11H,1-4,6-7H2/t8?,10-,11?/m0/s1. The molecule has 2 unspecified atom stereocenters. The molecule has 0 aromatic carbocycles. The van der Waals surface area contributed by atoms with Gasteiger partial charge in [0.25, 0.3) is 0 Å². The van der Waals surface area contributed by atoms with Crippen molar-refractivity contribution < 1.29 is 0 Å². The molecule has 3 aliphatic rings. The maximum atomic E-state index is 2.53. The van der Waals surface area contributed by atoms with Crippen LogP contribution >= 0.6 is 0 Å². The predicted molar refractivity (Wildman–Crippen MR) is 46.3 cm³/mol. The molecule has 0 spiro atoms. The van der Waals surface area contributed by atoms with Gasteiger partial charge in [0, 0.05) is 0 Å². The van der Waals surface area contributed by atoms with Gasteiger partial charge in [-0.1, -0.05) is 18.1 Å². The van der Waals surface area contributed by atoms with Gasteiger partial charge in [-0.25, -0.2) is 0 Å². The second-order valence-electron chi connectivity index (χ2n) is 4.54. The summed E-state index contributed by atoms with van der Waals surface area (Å²) in [4.78, 5) is 0. The van der Waals surface area contributed by atoms with E-state index >= 15 is 0 Å². The zero-order valence-corrected chi connectivity index (χ0v) is 7.05. The molecule has 60 valence electrons. The Hall–Kier alpha value is -0.260. The SMILES string of the molecule is C1=C2C[C@@H]3CCCC(CC1)C23. The minimum atomic E-state index is 1.08. The summed E-state index contributed by atoms with van der Waals surface area (Å²) in [5, 5.41) is 0. The molecule has 0 bridgehead atoms.